The largest absolute Gasteiger partial charge is 0.435 e. The highest BCUT2D eigenvalue weighted by atomic mass is 35.5. The smallest absolute Gasteiger partial charge is 0.352 e. The number of rotatable bonds is 3. The molecule has 13 heteroatoms. The molecule has 0 atom stereocenters. The number of anilines is 1. The van der Waals surface area contributed by atoms with Crippen molar-refractivity contribution in [2.45, 2.75) is 6.18 Å². The highest BCUT2D eigenvalue weighted by Crippen LogP contribution is 2.33. The summed E-state index contributed by atoms with van der Waals surface area (Å²) in [5.74, 6) is -1.05. The maximum absolute atomic E-state index is 13.8. The van der Waals surface area contributed by atoms with Crippen molar-refractivity contribution < 1.29 is 22.4 Å². The number of halogens is 6. The third kappa shape index (κ3) is 4.35. The summed E-state index contributed by atoms with van der Waals surface area (Å²) in [6, 6.07) is 5.76. The normalized spacial score (nSPS) is 14.7. The number of hydrogen-bond acceptors (Lipinski definition) is 5. The van der Waals surface area contributed by atoms with Gasteiger partial charge in [-0.2, -0.15) is 13.2 Å². The second kappa shape index (κ2) is 8.55. The molecule has 0 N–H and O–H groups in total. The summed E-state index contributed by atoms with van der Waals surface area (Å²) in [6.07, 6.45) is -3.48. The van der Waals surface area contributed by atoms with Crippen molar-refractivity contribution in [3.8, 4) is 5.69 Å². The number of nitrogens with zero attached hydrogens (tertiary/aromatic N) is 6. The van der Waals surface area contributed by atoms with Gasteiger partial charge in [0.2, 0.25) is 0 Å². The molecule has 0 spiro atoms. The Morgan fingerprint density at radius 3 is 2.28 bits per heavy atom. The van der Waals surface area contributed by atoms with Crippen LogP contribution >= 0.6 is 23.2 Å². The molecule has 0 unspecified atom stereocenters. The molecule has 3 heterocycles. The number of aromatic nitrogens is 4. The van der Waals surface area contributed by atoms with Gasteiger partial charge in [-0.05, 0) is 30.3 Å². The third-order valence-electron chi connectivity index (χ3n) is 4.87. The summed E-state index contributed by atoms with van der Waals surface area (Å²) < 4.78 is 55.1. The molecule has 1 aromatic carbocycles. The summed E-state index contributed by atoms with van der Waals surface area (Å²) in [6.45, 7) is 0.849. The molecule has 0 bridgehead atoms. The van der Waals surface area contributed by atoms with Gasteiger partial charge in [-0.1, -0.05) is 28.4 Å². The van der Waals surface area contributed by atoms with E-state index in [-0.39, 0.29) is 18.8 Å². The number of carbonyl (C=O) groups is 1. The molecule has 1 saturated heterocycles. The van der Waals surface area contributed by atoms with E-state index in [1.54, 1.807) is 0 Å². The number of benzene rings is 1. The lowest BCUT2D eigenvalue weighted by molar-refractivity contribution is -0.143. The average molecular weight is 489 g/mol. The first kappa shape index (κ1) is 22.3. The number of piperazine rings is 1. The van der Waals surface area contributed by atoms with Gasteiger partial charge in [0.1, 0.15) is 11.6 Å². The first-order valence-electron chi connectivity index (χ1n) is 9.29. The number of alkyl halides is 3. The molecule has 4 rings (SSSR count). The van der Waals surface area contributed by atoms with Crippen LogP contribution in [0.5, 0.6) is 0 Å². The van der Waals surface area contributed by atoms with Crippen LogP contribution in [0, 0.1) is 5.82 Å². The van der Waals surface area contributed by atoms with Gasteiger partial charge in [0, 0.05) is 32.4 Å². The van der Waals surface area contributed by atoms with E-state index in [0.29, 0.717) is 33.6 Å². The van der Waals surface area contributed by atoms with Crippen molar-refractivity contribution in [3.63, 3.8) is 0 Å². The second-order valence-corrected chi connectivity index (χ2v) is 7.75. The van der Waals surface area contributed by atoms with Gasteiger partial charge >= 0.3 is 6.18 Å². The molecule has 0 saturated carbocycles. The Morgan fingerprint density at radius 2 is 1.69 bits per heavy atom. The maximum atomic E-state index is 13.8. The zero-order chi connectivity index (χ0) is 23.0. The first-order valence-corrected chi connectivity index (χ1v) is 10.0. The van der Waals surface area contributed by atoms with Gasteiger partial charge < -0.3 is 9.80 Å². The quantitative estimate of drug-likeness (QED) is 0.519. The van der Waals surface area contributed by atoms with Crippen LogP contribution in [0.15, 0.2) is 36.5 Å². The molecular weight excluding hydrogens is 475 g/mol. The lowest BCUT2D eigenvalue weighted by atomic mass is 10.2. The van der Waals surface area contributed by atoms with Crippen LogP contribution in [0.25, 0.3) is 5.69 Å². The SMILES string of the molecule is O=C(c1nnn(-c2ccc(F)cc2)c1C(F)(F)F)N1CCN(c2ncc(Cl)cc2Cl)CC1. The van der Waals surface area contributed by atoms with E-state index >= 15 is 0 Å². The number of amides is 1. The molecule has 3 aromatic rings. The predicted molar refractivity (Wildman–Crippen MR) is 109 cm³/mol. The number of pyridine rings is 1. The van der Waals surface area contributed by atoms with E-state index in [1.165, 1.54) is 17.2 Å². The summed E-state index contributed by atoms with van der Waals surface area (Å²) >= 11 is 12.0. The number of hydrogen-bond donors (Lipinski definition) is 0. The Bertz CT molecular complexity index is 1140. The minimum atomic E-state index is -4.91. The maximum Gasteiger partial charge on any atom is 0.435 e. The number of carbonyl (C=O) groups excluding carboxylic acids is 1. The highest BCUT2D eigenvalue weighted by Gasteiger charge is 2.43. The molecule has 0 radical (unpaired) electrons. The highest BCUT2D eigenvalue weighted by molar-refractivity contribution is 6.36. The first-order chi connectivity index (χ1) is 15.1. The monoisotopic (exact) mass is 488 g/mol. The van der Waals surface area contributed by atoms with Gasteiger partial charge in [0.25, 0.3) is 5.91 Å². The molecule has 1 amide bonds. The van der Waals surface area contributed by atoms with Gasteiger partial charge in [-0.25, -0.2) is 14.1 Å². The van der Waals surface area contributed by atoms with Crippen LogP contribution in [-0.2, 0) is 6.18 Å². The van der Waals surface area contributed by atoms with E-state index < -0.39 is 29.3 Å². The van der Waals surface area contributed by atoms with Crippen LogP contribution in [0.1, 0.15) is 16.2 Å². The standard InChI is InChI=1S/C19H14Cl2F4N6O/c20-11-9-14(21)17(26-10-11)29-5-7-30(8-6-29)18(32)15-16(19(23,24)25)31(28-27-15)13-3-1-12(22)2-4-13/h1-4,9-10H,5-8H2. The molecule has 1 fully saturated rings. The molecule has 2 aromatic heterocycles. The lowest BCUT2D eigenvalue weighted by Gasteiger charge is -2.35. The van der Waals surface area contributed by atoms with Crippen LogP contribution in [-0.4, -0.2) is 57.0 Å². The van der Waals surface area contributed by atoms with E-state index in [1.807, 2.05) is 4.90 Å². The minimum Gasteiger partial charge on any atom is -0.352 e. The zero-order valence-corrected chi connectivity index (χ0v) is 17.7. The van der Waals surface area contributed by atoms with Crippen molar-refractivity contribution >= 4 is 34.9 Å². The van der Waals surface area contributed by atoms with E-state index in [2.05, 4.69) is 15.3 Å². The fourth-order valence-corrected chi connectivity index (χ4v) is 3.85. The lowest BCUT2D eigenvalue weighted by Crippen LogP contribution is -2.49. The second-order valence-electron chi connectivity index (χ2n) is 6.91. The molecule has 32 heavy (non-hydrogen) atoms. The molecule has 168 valence electrons. The summed E-state index contributed by atoms with van der Waals surface area (Å²) in [7, 11) is 0. The van der Waals surface area contributed by atoms with E-state index in [0.717, 1.165) is 24.3 Å². The van der Waals surface area contributed by atoms with E-state index in [9.17, 15) is 22.4 Å². The predicted octanol–water partition coefficient (Wildman–Crippen LogP) is 4.09. The Labute approximate surface area is 189 Å². The zero-order valence-electron chi connectivity index (χ0n) is 16.2. The molecule has 1 aliphatic heterocycles. The Hall–Kier alpha value is -2.92. The van der Waals surface area contributed by atoms with E-state index in [4.69, 9.17) is 23.2 Å². The van der Waals surface area contributed by atoms with Crippen molar-refractivity contribution in [1.82, 2.24) is 24.9 Å². The van der Waals surface area contributed by atoms with Gasteiger partial charge in [0.15, 0.2) is 11.4 Å². The minimum absolute atomic E-state index is 0.0708. The third-order valence-corrected chi connectivity index (χ3v) is 5.35. The molecule has 1 aliphatic rings. The van der Waals surface area contributed by atoms with Crippen molar-refractivity contribution in [2.75, 3.05) is 31.1 Å². The van der Waals surface area contributed by atoms with Crippen LogP contribution in [0.2, 0.25) is 10.0 Å². The Balaban J connectivity index is 1.57. The molecule has 0 aliphatic carbocycles. The topological polar surface area (TPSA) is 67.2 Å². The Morgan fingerprint density at radius 1 is 1.03 bits per heavy atom. The summed E-state index contributed by atoms with van der Waals surface area (Å²) in [5, 5.41) is 7.72. The summed E-state index contributed by atoms with van der Waals surface area (Å²) in [5.41, 5.74) is -2.21. The van der Waals surface area contributed by atoms with Crippen molar-refractivity contribution in [2.24, 2.45) is 0 Å². The molecule has 7 nitrogen and oxygen atoms in total. The molecular formula is C19H14Cl2F4N6O. The van der Waals surface area contributed by atoms with Crippen LogP contribution in [0.4, 0.5) is 23.4 Å². The van der Waals surface area contributed by atoms with Gasteiger partial charge in [0.05, 0.1) is 15.7 Å². The average Bonchev–Trinajstić information content (AvgIpc) is 3.20. The fourth-order valence-electron chi connectivity index (χ4n) is 3.35. The van der Waals surface area contributed by atoms with Gasteiger partial charge in [-0.15, -0.1) is 5.10 Å². The van der Waals surface area contributed by atoms with Crippen molar-refractivity contribution in [3.05, 3.63) is 63.8 Å². The van der Waals surface area contributed by atoms with Crippen molar-refractivity contribution in [1.29, 1.82) is 0 Å². The summed E-state index contributed by atoms with van der Waals surface area (Å²) in [4.78, 5) is 20.1. The van der Waals surface area contributed by atoms with Gasteiger partial charge in [-0.3, -0.25) is 4.79 Å². The fraction of sp³-hybridized carbons (Fsp3) is 0.263. The van der Waals surface area contributed by atoms with Crippen LogP contribution in [0.3, 0.4) is 0 Å². The Kier molecular flexibility index (Phi) is 5.95. The van der Waals surface area contributed by atoms with Crippen LogP contribution < -0.4 is 4.90 Å².